The minimum Gasteiger partial charge on any atom is -0.462 e. The van der Waals surface area contributed by atoms with Crippen LogP contribution in [0.4, 0.5) is 0 Å². The van der Waals surface area contributed by atoms with E-state index in [1.807, 2.05) is 0 Å². The number of allylic oxidation sites excluding steroid dienone is 4. The van der Waals surface area contributed by atoms with Crippen molar-refractivity contribution in [2.24, 2.45) is 0 Å². The Morgan fingerprint density at radius 2 is 0.515 bits per heavy atom. The summed E-state index contributed by atoms with van der Waals surface area (Å²) in [6, 6.07) is 0. The topological polar surface area (TPSA) is 78.9 Å². The maximum absolute atomic E-state index is 12.8. The van der Waals surface area contributed by atoms with Crippen molar-refractivity contribution in [2.45, 2.75) is 329 Å². The van der Waals surface area contributed by atoms with Crippen molar-refractivity contribution in [1.29, 1.82) is 0 Å². The van der Waals surface area contributed by atoms with E-state index in [0.29, 0.717) is 19.3 Å². The normalized spacial score (nSPS) is 12.1. The number of hydrogen-bond acceptors (Lipinski definition) is 6. The summed E-state index contributed by atoms with van der Waals surface area (Å²) >= 11 is 0. The van der Waals surface area contributed by atoms with E-state index in [4.69, 9.17) is 14.2 Å². The van der Waals surface area contributed by atoms with Crippen LogP contribution in [0.25, 0.3) is 0 Å². The van der Waals surface area contributed by atoms with E-state index < -0.39 is 6.10 Å². The highest BCUT2D eigenvalue weighted by Crippen LogP contribution is 2.17. The largest absolute Gasteiger partial charge is 0.462 e. The Kier molecular flexibility index (Phi) is 53.7. The summed E-state index contributed by atoms with van der Waals surface area (Å²) < 4.78 is 16.8. The molecular formula is C60H112O6. The van der Waals surface area contributed by atoms with Crippen molar-refractivity contribution in [1.82, 2.24) is 0 Å². The van der Waals surface area contributed by atoms with Crippen LogP contribution in [0.2, 0.25) is 0 Å². The molecule has 1 atom stereocenters. The molecule has 388 valence electrons. The fourth-order valence-electron chi connectivity index (χ4n) is 8.71. The quantitative estimate of drug-likeness (QED) is 0.0262. The Bertz CT molecular complexity index is 1070. The first-order valence-electron chi connectivity index (χ1n) is 29.3. The standard InChI is InChI=1S/C60H112O6/c1-4-7-10-13-16-19-22-24-26-28-30-32-34-36-38-41-44-47-50-53-59(62)65-56-57(55-64-58(61)52-49-46-43-40-21-18-15-12-9-6-3)66-60(63)54-51-48-45-42-39-37-35-33-31-29-27-25-23-20-17-14-11-8-5-2/h15,18,28,30,57H,4-14,16-17,19-27,29,31-56H2,1-3H3/b18-15-,30-28-. The summed E-state index contributed by atoms with van der Waals surface area (Å²) in [5.74, 6) is -0.871. The summed E-state index contributed by atoms with van der Waals surface area (Å²) in [4.78, 5) is 38.1. The van der Waals surface area contributed by atoms with Gasteiger partial charge in [0, 0.05) is 19.3 Å². The average Bonchev–Trinajstić information content (AvgIpc) is 3.31. The molecule has 0 aliphatic heterocycles. The van der Waals surface area contributed by atoms with Gasteiger partial charge in [-0.05, 0) is 64.2 Å². The number of carbonyl (C=O) groups is 3. The third-order valence-corrected chi connectivity index (χ3v) is 13.2. The van der Waals surface area contributed by atoms with Crippen molar-refractivity contribution in [2.75, 3.05) is 13.2 Å². The fourth-order valence-corrected chi connectivity index (χ4v) is 8.71. The average molecular weight is 930 g/mol. The number of carbonyl (C=O) groups excluding carboxylic acids is 3. The lowest BCUT2D eigenvalue weighted by Crippen LogP contribution is -2.30. The molecule has 6 heteroatoms. The van der Waals surface area contributed by atoms with Gasteiger partial charge in [0.2, 0.25) is 0 Å². The van der Waals surface area contributed by atoms with Crippen LogP contribution in [0.15, 0.2) is 24.3 Å². The van der Waals surface area contributed by atoms with Crippen LogP contribution in [-0.2, 0) is 28.6 Å². The van der Waals surface area contributed by atoms with Crippen LogP contribution in [0.1, 0.15) is 323 Å². The van der Waals surface area contributed by atoms with Gasteiger partial charge in [0.05, 0.1) is 0 Å². The van der Waals surface area contributed by atoms with E-state index >= 15 is 0 Å². The molecule has 0 aliphatic carbocycles. The molecule has 0 rings (SSSR count). The van der Waals surface area contributed by atoms with Crippen molar-refractivity contribution in [3.8, 4) is 0 Å². The fraction of sp³-hybridized carbons (Fsp3) is 0.883. The molecule has 0 radical (unpaired) electrons. The van der Waals surface area contributed by atoms with Crippen LogP contribution < -0.4 is 0 Å². The Morgan fingerprint density at radius 3 is 0.803 bits per heavy atom. The van der Waals surface area contributed by atoms with E-state index in [1.165, 1.54) is 205 Å². The molecule has 0 aromatic heterocycles. The van der Waals surface area contributed by atoms with Gasteiger partial charge in [-0.25, -0.2) is 0 Å². The van der Waals surface area contributed by atoms with E-state index in [9.17, 15) is 14.4 Å². The summed E-state index contributed by atoms with van der Waals surface area (Å²) in [6.45, 7) is 6.63. The molecule has 1 unspecified atom stereocenters. The molecule has 0 bridgehead atoms. The molecule has 0 spiro atoms. The monoisotopic (exact) mass is 929 g/mol. The van der Waals surface area contributed by atoms with Gasteiger partial charge in [-0.1, -0.05) is 263 Å². The second-order valence-electron chi connectivity index (χ2n) is 19.9. The molecule has 0 heterocycles. The molecule has 0 fully saturated rings. The maximum atomic E-state index is 12.8. The van der Waals surface area contributed by atoms with Gasteiger partial charge in [0.15, 0.2) is 6.10 Å². The molecule has 0 N–H and O–H groups in total. The van der Waals surface area contributed by atoms with Gasteiger partial charge in [0.1, 0.15) is 13.2 Å². The van der Waals surface area contributed by atoms with Crippen molar-refractivity contribution in [3.05, 3.63) is 24.3 Å². The number of ether oxygens (including phenoxy) is 3. The van der Waals surface area contributed by atoms with Gasteiger partial charge < -0.3 is 14.2 Å². The van der Waals surface area contributed by atoms with Gasteiger partial charge >= 0.3 is 17.9 Å². The Morgan fingerprint density at radius 1 is 0.288 bits per heavy atom. The third kappa shape index (κ3) is 52.9. The number of hydrogen-bond donors (Lipinski definition) is 0. The second kappa shape index (κ2) is 55.5. The SMILES string of the molecule is CCCC/C=C\CCCCCCC(=O)OCC(COC(=O)CCCCCCCCC/C=C\CCCCCCCCCC)OC(=O)CCCCCCCCCCCCCCCCCCCCC. The zero-order chi connectivity index (χ0) is 47.9. The van der Waals surface area contributed by atoms with Gasteiger partial charge in [-0.15, -0.1) is 0 Å². The Hall–Kier alpha value is -2.11. The number of rotatable bonds is 54. The van der Waals surface area contributed by atoms with Crippen LogP contribution in [0.3, 0.4) is 0 Å². The minimum absolute atomic E-state index is 0.0730. The van der Waals surface area contributed by atoms with Crippen LogP contribution in [0.5, 0.6) is 0 Å². The van der Waals surface area contributed by atoms with Crippen LogP contribution in [0, 0.1) is 0 Å². The van der Waals surface area contributed by atoms with E-state index in [1.54, 1.807) is 0 Å². The van der Waals surface area contributed by atoms with Crippen LogP contribution >= 0.6 is 0 Å². The van der Waals surface area contributed by atoms with E-state index in [2.05, 4.69) is 45.1 Å². The molecule has 6 nitrogen and oxygen atoms in total. The number of esters is 3. The molecule has 0 aromatic carbocycles. The highest BCUT2D eigenvalue weighted by Gasteiger charge is 2.19. The lowest BCUT2D eigenvalue weighted by atomic mass is 10.0. The molecule has 0 aliphatic rings. The first-order chi connectivity index (χ1) is 32.5. The van der Waals surface area contributed by atoms with Crippen molar-refractivity contribution in [3.63, 3.8) is 0 Å². The molecule has 66 heavy (non-hydrogen) atoms. The van der Waals surface area contributed by atoms with Crippen molar-refractivity contribution >= 4 is 17.9 Å². The maximum Gasteiger partial charge on any atom is 0.306 e. The Balaban J connectivity index is 4.26. The van der Waals surface area contributed by atoms with E-state index in [0.717, 1.165) is 77.0 Å². The zero-order valence-electron chi connectivity index (χ0n) is 44.5. The lowest BCUT2D eigenvalue weighted by molar-refractivity contribution is -0.167. The summed E-state index contributed by atoms with van der Waals surface area (Å²) in [5.41, 5.74) is 0. The summed E-state index contributed by atoms with van der Waals surface area (Å²) in [7, 11) is 0. The lowest BCUT2D eigenvalue weighted by Gasteiger charge is -2.18. The smallest absolute Gasteiger partial charge is 0.306 e. The highest BCUT2D eigenvalue weighted by atomic mass is 16.6. The molecule has 0 aromatic rings. The molecule has 0 amide bonds. The zero-order valence-corrected chi connectivity index (χ0v) is 44.5. The summed E-state index contributed by atoms with van der Waals surface area (Å²) in [5, 5.41) is 0. The van der Waals surface area contributed by atoms with Gasteiger partial charge in [-0.3, -0.25) is 14.4 Å². The summed E-state index contributed by atoms with van der Waals surface area (Å²) in [6.07, 6.45) is 64.7. The molecule has 0 saturated carbocycles. The molecular weight excluding hydrogens is 817 g/mol. The van der Waals surface area contributed by atoms with E-state index in [-0.39, 0.29) is 31.1 Å². The predicted octanol–water partition coefficient (Wildman–Crippen LogP) is 19.5. The molecule has 0 saturated heterocycles. The second-order valence-corrected chi connectivity index (χ2v) is 19.9. The third-order valence-electron chi connectivity index (χ3n) is 13.2. The first-order valence-corrected chi connectivity index (χ1v) is 29.3. The van der Waals surface area contributed by atoms with Gasteiger partial charge in [-0.2, -0.15) is 0 Å². The minimum atomic E-state index is -0.773. The predicted molar refractivity (Wildman–Crippen MR) is 284 cm³/mol. The van der Waals surface area contributed by atoms with Crippen molar-refractivity contribution < 1.29 is 28.6 Å². The van der Waals surface area contributed by atoms with Crippen LogP contribution in [-0.4, -0.2) is 37.2 Å². The number of unbranched alkanes of at least 4 members (excludes halogenated alkanes) is 39. The van der Waals surface area contributed by atoms with Gasteiger partial charge in [0.25, 0.3) is 0 Å². The highest BCUT2D eigenvalue weighted by molar-refractivity contribution is 5.71. The Labute approximate surface area is 411 Å². The first kappa shape index (κ1) is 63.9.